The van der Waals surface area contributed by atoms with Gasteiger partial charge in [0.1, 0.15) is 18.0 Å². The molecule has 1 aliphatic carbocycles. The molecule has 2 heterocycles. The average molecular weight is 432 g/mol. The molecule has 0 bridgehead atoms. The highest BCUT2D eigenvalue weighted by atomic mass is 32.2. The summed E-state index contributed by atoms with van der Waals surface area (Å²) in [6, 6.07) is 5.96. The van der Waals surface area contributed by atoms with Crippen LogP contribution in [0, 0.1) is 12.8 Å². The number of aromatic nitrogens is 1. The van der Waals surface area contributed by atoms with Crippen molar-refractivity contribution >= 4 is 15.9 Å². The smallest absolute Gasteiger partial charge is 0.243 e. The van der Waals surface area contributed by atoms with Crippen LogP contribution in [0.4, 0.5) is 0 Å². The number of hydrogen-bond acceptors (Lipinski definition) is 5. The van der Waals surface area contributed by atoms with Crippen LogP contribution in [0.2, 0.25) is 0 Å². The molecular weight excluding hydrogens is 402 g/mol. The van der Waals surface area contributed by atoms with Crippen molar-refractivity contribution in [1.29, 1.82) is 0 Å². The maximum atomic E-state index is 13.2. The number of carbonyl (C=O) groups excluding carboxylic acids is 1. The Labute approximate surface area is 177 Å². The minimum absolute atomic E-state index is 0.170. The third-order valence-electron chi connectivity index (χ3n) is 6.17. The van der Waals surface area contributed by atoms with Crippen molar-refractivity contribution in [1.82, 2.24) is 14.6 Å². The molecule has 1 N–H and O–H groups in total. The fourth-order valence-electron chi connectivity index (χ4n) is 4.47. The van der Waals surface area contributed by atoms with Crippen LogP contribution in [0.3, 0.4) is 0 Å². The Morgan fingerprint density at radius 3 is 2.53 bits per heavy atom. The summed E-state index contributed by atoms with van der Waals surface area (Å²) in [5.74, 6) is 0.902. The molecule has 1 unspecified atom stereocenters. The van der Waals surface area contributed by atoms with Crippen molar-refractivity contribution in [3.8, 4) is 11.3 Å². The highest BCUT2D eigenvalue weighted by Crippen LogP contribution is 2.28. The monoisotopic (exact) mass is 431 g/mol. The number of nitrogens with zero attached hydrogens (tertiary/aromatic N) is 2. The number of carbonyl (C=O) groups is 1. The van der Waals surface area contributed by atoms with Gasteiger partial charge >= 0.3 is 0 Å². The van der Waals surface area contributed by atoms with E-state index >= 15 is 0 Å². The van der Waals surface area contributed by atoms with Gasteiger partial charge in [0.25, 0.3) is 0 Å². The van der Waals surface area contributed by atoms with Crippen molar-refractivity contribution in [3.63, 3.8) is 0 Å². The molecule has 1 aromatic carbocycles. The van der Waals surface area contributed by atoms with Gasteiger partial charge in [-0.15, -0.1) is 0 Å². The van der Waals surface area contributed by atoms with Gasteiger partial charge < -0.3 is 9.73 Å². The molecule has 1 aliphatic heterocycles. The van der Waals surface area contributed by atoms with Gasteiger partial charge in [-0.25, -0.2) is 13.4 Å². The number of nitrogens with one attached hydrogen (secondary N) is 1. The zero-order chi connectivity index (χ0) is 21.1. The zero-order valence-corrected chi connectivity index (χ0v) is 18.2. The molecule has 1 atom stereocenters. The second kappa shape index (κ2) is 8.89. The molecule has 1 saturated heterocycles. The van der Waals surface area contributed by atoms with Crippen molar-refractivity contribution < 1.29 is 17.6 Å². The van der Waals surface area contributed by atoms with Crippen LogP contribution in [0.1, 0.15) is 50.8 Å². The third-order valence-corrected chi connectivity index (χ3v) is 8.09. The Morgan fingerprint density at radius 2 is 1.87 bits per heavy atom. The number of amides is 1. The fourth-order valence-corrected chi connectivity index (χ4v) is 6.13. The molecule has 2 aliphatic rings. The summed E-state index contributed by atoms with van der Waals surface area (Å²) in [4.78, 5) is 17.2. The van der Waals surface area contributed by atoms with Crippen molar-refractivity contribution in [2.45, 2.75) is 62.8 Å². The van der Waals surface area contributed by atoms with Crippen LogP contribution in [0.5, 0.6) is 0 Å². The van der Waals surface area contributed by atoms with Gasteiger partial charge in [0.15, 0.2) is 5.89 Å². The van der Waals surface area contributed by atoms with Crippen LogP contribution < -0.4 is 5.32 Å². The van der Waals surface area contributed by atoms with E-state index in [4.69, 9.17) is 4.42 Å². The van der Waals surface area contributed by atoms with Gasteiger partial charge in [-0.3, -0.25) is 4.79 Å². The number of sulfonamides is 1. The molecular formula is C22H29N3O4S. The van der Waals surface area contributed by atoms with Gasteiger partial charge in [0.05, 0.1) is 4.90 Å². The lowest BCUT2D eigenvalue weighted by molar-refractivity contribution is -0.124. The Hall–Kier alpha value is -2.19. The first-order valence-corrected chi connectivity index (χ1v) is 12.2. The summed E-state index contributed by atoms with van der Waals surface area (Å²) in [6.07, 6.45) is 8.79. The molecule has 0 radical (unpaired) electrons. The Morgan fingerprint density at radius 1 is 1.13 bits per heavy atom. The Bertz CT molecular complexity index is 978. The van der Waals surface area contributed by atoms with Crippen molar-refractivity contribution in [3.05, 3.63) is 36.4 Å². The van der Waals surface area contributed by atoms with Crippen LogP contribution >= 0.6 is 0 Å². The fraction of sp³-hybridized carbons (Fsp3) is 0.545. The molecule has 1 aromatic heterocycles. The molecule has 1 saturated carbocycles. The van der Waals surface area contributed by atoms with E-state index in [2.05, 4.69) is 10.3 Å². The number of benzene rings is 1. The van der Waals surface area contributed by atoms with E-state index in [1.165, 1.54) is 23.6 Å². The van der Waals surface area contributed by atoms with Crippen LogP contribution in [0.25, 0.3) is 11.3 Å². The summed E-state index contributed by atoms with van der Waals surface area (Å²) in [5, 5.41) is 3.02. The largest absolute Gasteiger partial charge is 0.449 e. The summed E-state index contributed by atoms with van der Waals surface area (Å²) in [7, 11) is -3.74. The highest BCUT2D eigenvalue weighted by molar-refractivity contribution is 7.89. The summed E-state index contributed by atoms with van der Waals surface area (Å²) in [6.45, 7) is 2.78. The summed E-state index contributed by atoms with van der Waals surface area (Å²) >= 11 is 0. The van der Waals surface area contributed by atoms with E-state index in [1.807, 2.05) is 0 Å². The second-order valence-corrected chi connectivity index (χ2v) is 10.2. The van der Waals surface area contributed by atoms with Gasteiger partial charge in [0.2, 0.25) is 15.9 Å². The van der Waals surface area contributed by atoms with E-state index in [0.29, 0.717) is 43.4 Å². The number of aryl methyl sites for hydroxylation is 1. The Balaban J connectivity index is 1.44. The predicted molar refractivity (Wildman–Crippen MR) is 113 cm³/mol. The molecule has 2 aromatic rings. The Kier molecular flexibility index (Phi) is 6.24. The second-order valence-electron chi connectivity index (χ2n) is 8.30. The number of hydrogen-bond donors (Lipinski definition) is 1. The molecule has 4 rings (SSSR count). The van der Waals surface area contributed by atoms with E-state index in [9.17, 15) is 13.2 Å². The number of rotatable bonds is 6. The average Bonchev–Trinajstić information content (AvgIpc) is 3.43. The van der Waals surface area contributed by atoms with Gasteiger partial charge in [0, 0.05) is 25.6 Å². The molecule has 0 spiro atoms. The minimum atomic E-state index is -3.74. The highest BCUT2D eigenvalue weighted by Gasteiger charge is 2.39. The van der Waals surface area contributed by atoms with Gasteiger partial charge in [-0.2, -0.15) is 4.31 Å². The molecule has 1 amide bonds. The van der Waals surface area contributed by atoms with Crippen LogP contribution in [0.15, 0.2) is 39.8 Å². The first kappa shape index (κ1) is 21.1. The lowest BCUT2D eigenvalue weighted by Crippen LogP contribution is -2.47. The first-order valence-electron chi connectivity index (χ1n) is 10.8. The van der Waals surface area contributed by atoms with Crippen LogP contribution in [-0.2, 0) is 14.8 Å². The maximum absolute atomic E-state index is 13.2. The normalized spacial score (nSPS) is 21.0. The summed E-state index contributed by atoms with van der Waals surface area (Å²) < 4.78 is 33.0. The van der Waals surface area contributed by atoms with Crippen LogP contribution in [-0.4, -0.2) is 42.7 Å². The topological polar surface area (TPSA) is 92.5 Å². The third kappa shape index (κ3) is 4.44. The first-order chi connectivity index (χ1) is 14.4. The SMILES string of the molecule is Cc1nc(-c2ccc(S(=O)(=O)N3CCCC3C(=O)NCC3CCCCC3)cc2)co1. The van der Waals surface area contributed by atoms with Crippen molar-refractivity contribution in [2.75, 3.05) is 13.1 Å². The predicted octanol–water partition coefficient (Wildman–Crippen LogP) is 3.50. The lowest BCUT2D eigenvalue weighted by Gasteiger charge is -2.26. The van der Waals surface area contributed by atoms with E-state index in [0.717, 1.165) is 18.4 Å². The quantitative estimate of drug-likeness (QED) is 0.756. The minimum Gasteiger partial charge on any atom is -0.449 e. The number of oxazole rings is 1. The molecule has 7 nitrogen and oxygen atoms in total. The molecule has 30 heavy (non-hydrogen) atoms. The lowest BCUT2D eigenvalue weighted by atomic mass is 9.89. The summed E-state index contributed by atoms with van der Waals surface area (Å²) in [5.41, 5.74) is 1.45. The maximum Gasteiger partial charge on any atom is 0.243 e. The van der Waals surface area contributed by atoms with Gasteiger partial charge in [-0.1, -0.05) is 31.4 Å². The van der Waals surface area contributed by atoms with E-state index < -0.39 is 16.1 Å². The molecule has 8 heteroatoms. The molecule has 2 fully saturated rings. The standard InChI is InChI=1S/C22H29N3O4S/c1-16-24-20(15-29-16)18-9-11-19(12-10-18)30(27,28)25-13-5-8-21(25)22(26)23-14-17-6-3-2-4-7-17/h9-12,15,17,21H,2-8,13-14H2,1H3,(H,23,26). The van der Waals surface area contributed by atoms with Gasteiger partial charge in [-0.05, 0) is 43.7 Å². The van der Waals surface area contributed by atoms with E-state index in [-0.39, 0.29) is 10.8 Å². The zero-order valence-electron chi connectivity index (χ0n) is 17.3. The molecule has 162 valence electrons. The van der Waals surface area contributed by atoms with Crippen molar-refractivity contribution in [2.24, 2.45) is 5.92 Å². The van der Waals surface area contributed by atoms with E-state index in [1.54, 1.807) is 37.5 Å².